The summed E-state index contributed by atoms with van der Waals surface area (Å²) in [4.78, 5) is 19.5. The third-order valence-corrected chi connectivity index (χ3v) is 2.26. The van der Waals surface area contributed by atoms with Crippen molar-refractivity contribution in [3.63, 3.8) is 0 Å². The van der Waals surface area contributed by atoms with Gasteiger partial charge in [0, 0.05) is 6.20 Å². The van der Waals surface area contributed by atoms with Gasteiger partial charge >= 0.3 is 5.97 Å². The number of hydrogen-bond donors (Lipinski definition) is 0. The van der Waals surface area contributed by atoms with E-state index in [9.17, 15) is 4.79 Å². The van der Waals surface area contributed by atoms with Crippen molar-refractivity contribution >= 4 is 17.7 Å². The number of thioether (sulfide) groups is 1. The highest BCUT2D eigenvalue weighted by Gasteiger charge is 2.13. The molecular formula is C9H12N2O2S. The van der Waals surface area contributed by atoms with Crippen LogP contribution in [0.4, 0.5) is 0 Å². The summed E-state index contributed by atoms with van der Waals surface area (Å²) in [6, 6.07) is 0. The van der Waals surface area contributed by atoms with E-state index >= 15 is 0 Å². The summed E-state index contributed by atoms with van der Waals surface area (Å²) in [7, 11) is 0. The molecule has 0 fully saturated rings. The van der Waals surface area contributed by atoms with Gasteiger partial charge in [0.05, 0.1) is 6.61 Å². The van der Waals surface area contributed by atoms with Crippen molar-refractivity contribution in [2.75, 3.05) is 12.9 Å². The van der Waals surface area contributed by atoms with Gasteiger partial charge in [0.15, 0.2) is 0 Å². The Hall–Kier alpha value is -1.10. The topological polar surface area (TPSA) is 52.1 Å². The Balaban J connectivity index is 3.01. The first-order chi connectivity index (χ1) is 6.69. The molecule has 0 saturated carbocycles. The van der Waals surface area contributed by atoms with Crippen LogP contribution < -0.4 is 0 Å². The van der Waals surface area contributed by atoms with Crippen molar-refractivity contribution in [3.8, 4) is 0 Å². The summed E-state index contributed by atoms with van der Waals surface area (Å²) in [6.07, 6.45) is 3.37. The molecular weight excluding hydrogens is 200 g/mol. The van der Waals surface area contributed by atoms with Crippen LogP contribution in [0.25, 0.3) is 0 Å². The number of carbonyl (C=O) groups is 1. The standard InChI is InChI=1S/C9H12N2O2S/c1-4-13-9(12)7-5-10-6(2)11-8(7)14-3/h5H,4H2,1-3H3. The van der Waals surface area contributed by atoms with E-state index in [1.807, 2.05) is 6.26 Å². The average Bonchev–Trinajstić information content (AvgIpc) is 2.17. The first kappa shape index (κ1) is 11.0. The highest BCUT2D eigenvalue weighted by molar-refractivity contribution is 7.98. The van der Waals surface area contributed by atoms with Crippen LogP contribution in [0.15, 0.2) is 11.2 Å². The number of hydrogen-bond acceptors (Lipinski definition) is 5. The third kappa shape index (κ3) is 2.45. The van der Waals surface area contributed by atoms with Crippen LogP contribution in [0, 0.1) is 6.92 Å². The van der Waals surface area contributed by atoms with Crippen molar-refractivity contribution < 1.29 is 9.53 Å². The summed E-state index contributed by atoms with van der Waals surface area (Å²) < 4.78 is 4.88. The maximum Gasteiger partial charge on any atom is 0.342 e. The second-order valence-electron chi connectivity index (χ2n) is 2.56. The summed E-state index contributed by atoms with van der Waals surface area (Å²) in [5, 5.41) is 0.663. The summed E-state index contributed by atoms with van der Waals surface area (Å²) >= 11 is 1.41. The van der Waals surface area contributed by atoms with Crippen LogP contribution in [-0.2, 0) is 4.74 Å². The van der Waals surface area contributed by atoms with Gasteiger partial charge in [0.25, 0.3) is 0 Å². The van der Waals surface area contributed by atoms with Crippen LogP contribution in [-0.4, -0.2) is 28.8 Å². The van der Waals surface area contributed by atoms with Gasteiger partial charge in [-0.3, -0.25) is 0 Å². The molecule has 0 unspecified atom stereocenters. The average molecular weight is 212 g/mol. The largest absolute Gasteiger partial charge is 0.462 e. The SMILES string of the molecule is CCOC(=O)c1cnc(C)nc1SC. The Morgan fingerprint density at radius 1 is 1.64 bits per heavy atom. The lowest BCUT2D eigenvalue weighted by Gasteiger charge is -2.05. The number of esters is 1. The molecule has 0 aromatic carbocycles. The van der Waals surface area contributed by atoms with Crippen molar-refractivity contribution in [1.29, 1.82) is 0 Å². The summed E-state index contributed by atoms with van der Waals surface area (Å²) in [5.74, 6) is 0.291. The van der Waals surface area contributed by atoms with E-state index < -0.39 is 0 Å². The van der Waals surface area contributed by atoms with E-state index in [0.717, 1.165) is 0 Å². The van der Waals surface area contributed by atoms with Crippen molar-refractivity contribution in [2.45, 2.75) is 18.9 Å². The highest BCUT2D eigenvalue weighted by Crippen LogP contribution is 2.17. The van der Waals surface area contributed by atoms with Gasteiger partial charge in [0.2, 0.25) is 0 Å². The molecule has 0 amide bonds. The molecule has 0 atom stereocenters. The molecule has 1 heterocycles. The number of aromatic nitrogens is 2. The van der Waals surface area contributed by atoms with Crippen LogP contribution in [0.2, 0.25) is 0 Å². The van der Waals surface area contributed by atoms with Crippen LogP contribution >= 0.6 is 11.8 Å². The monoisotopic (exact) mass is 212 g/mol. The Kier molecular flexibility index (Phi) is 3.88. The Bertz CT molecular complexity index is 342. The molecule has 0 aliphatic rings. The van der Waals surface area contributed by atoms with Gasteiger partial charge in [-0.15, -0.1) is 11.8 Å². The molecule has 4 nitrogen and oxygen atoms in total. The van der Waals surface area contributed by atoms with Crippen molar-refractivity contribution in [3.05, 3.63) is 17.6 Å². The zero-order valence-electron chi connectivity index (χ0n) is 8.40. The molecule has 0 spiro atoms. The van der Waals surface area contributed by atoms with Gasteiger partial charge in [-0.25, -0.2) is 14.8 Å². The molecule has 0 N–H and O–H groups in total. The molecule has 1 aromatic heterocycles. The Morgan fingerprint density at radius 2 is 2.36 bits per heavy atom. The van der Waals surface area contributed by atoms with Gasteiger partial charge in [-0.05, 0) is 20.1 Å². The fraction of sp³-hybridized carbons (Fsp3) is 0.444. The molecule has 0 aliphatic heterocycles. The normalized spacial score (nSPS) is 9.93. The number of aryl methyl sites for hydroxylation is 1. The van der Waals surface area contributed by atoms with Crippen LogP contribution in [0.3, 0.4) is 0 Å². The fourth-order valence-corrected chi connectivity index (χ4v) is 1.53. The van der Waals surface area contributed by atoms with E-state index in [-0.39, 0.29) is 5.97 Å². The Morgan fingerprint density at radius 3 is 2.93 bits per heavy atom. The molecule has 1 rings (SSSR count). The number of rotatable bonds is 3. The lowest BCUT2D eigenvalue weighted by molar-refractivity contribution is 0.0520. The van der Waals surface area contributed by atoms with Crippen molar-refractivity contribution in [2.24, 2.45) is 0 Å². The smallest absolute Gasteiger partial charge is 0.342 e. The maximum absolute atomic E-state index is 11.4. The predicted octanol–water partition coefficient (Wildman–Crippen LogP) is 1.68. The molecule has 76 valence electrons. The molecule has 14 heavy (non-hydrogen) atoms. The first-order valence-corrected chi connectivity index (χ1v) is 5.46. The van der Waals surface area contributed by atoms with Crippen molar-refractivity contribution in [1.82, 2.24) is 9.97 Å². The van der Waals surface area contributed by atoms with E-state index in [4.69, 9.17) is 4.74 Å². The van der Waals surface area contributed by atoms with Crippen LogP contribution in [0.5, 0.6) is 0 Å². The van der Waals surface area contributed by atoms with Crippen LogP contribution in [0.1, 0.15) is 23.1 Å². The van der Waals surface area contributed by atoms with Gasteiger partial charge in [0.1, 0.15) is 16.4 Å². The fourth-order valence-electron chi connectivity index (χ4n) is 0.954. The second kappa shape index (κ2) is 4.95. The van der Waals surface area contributed by atoms with Gasteiger partial charge < -0.3 is 4.74 Å². The zero-order valence-corrected chi connectivity index (χ0v) is 9.22. The van der Waals surface area contributed by atoms with Gasteiger partial charge in [-0.2, -0.15) is 0 Å². The first-order valence-electron chi connectivity index (χ1n) is 4.23. The minimum absolute atomic E-state index is 0.362. The quantitative estimate of drug-likeness (QED) is 0.433. The maximum atomic E-state index is 11.4. The number of nitrogens with zero attached hydrogens (tertiary/aromatic N) is 2. The molecule has 1 aromatic rings. The Labute approximate surface area is 87.1 Å². The summed E-state index contributed by atoms with van der Waals surface area (Å²) in [5.41, 5.74) is 0.435. The molecule has 0 saturated heterocycles. The zero-order chi connectivity index (χ0) is 10.6. The van der Waals surface area contributed by atoms with E-state index in [1.54, 1.807) is 13.8 Å². The number of ether oxygens (including phenoxy) is 1. The molecule has 5 heteroatoms. The van der Waals surface area contributed by atoms with E-state index in [0.29, 0.717) is 23.0 Å². The number of carbonyl (C=O) groups excluding carboxylic acids is 1. The lowest BCUT2D eigenvalue weighted by Crippen LogP contribution is -2.08. The second-order valence-corrected chi connectivity index (χ2v) is 3.36. The van der Waals surface area contributed by atoms with Gasteiger partial charge in [-0.1, -0.05) is 0 Å². The predicted molar refractivity (Wildman–Crippen MR) is 54.5 cm³/mol. The molecule has 0 bridgehead atoms. The minimum atomic E-state index is -0.364. The minimum Gasteiger partial charge on any atom is -0.462 e. The summed E-state index contributed by atoms with van der Waals surface area (Å²) in [6.45, 7) is 3.92. The molecule has 0 radical (unpaired) electrons. The lowest BCUT2D eigenvalue weighted by atomic mass is 10.3. The third-order valence-electron chi connectivity index (χ3n) is 1.56. The van der Waals surface area contributed by atoms with E-state index in [2.05, 4.69) is 9.97 Å². The highest BCUT2D eigenvalue weighted by atomic mass is 32.2. The van der Waals surface area contributed by atoms with E-state index in [1.165, 1.54) is 18.0 Å². The molecule has 0 aliphatic carbocycles.